The summed E-state index contributed by atoms with van der Waals surface area (Å²) >= 11 is 11.7. The van der Waals surface area contributed by atoms with Crippen LogP contribution in [0.2, 0.25) is 10.0 Å². The molecule has 2 aromatic rings. The number of carbonyl (C=O) groups is 1. The van der Waals surface area contributed by atoms with Gasteiger partial charge >= 0.3 is 0 Å². The number of amides is 1. The summed E-state index contributed by atoms with van der Waals surface area (Å²) in [4.78, 5) is 11.1. The molecule has 7 nitrogen and oxygen atoms in total. The summed E-state index contributed by atoms with van der Waals surface area (Å²) in [6, 6.07) is 7.33. The minimum Gasteiger partial charge on any atom is -0.278 e. The maximum Gasteiger partial charge on any atom is 0.266 e. The van der Waals surface area contributed by atoms with E-state index in [1.54, 1.807) is 4.72 Å². The van der Waals surface area contributed by atoms with Gasteiger partial charge in [0.1, 0.15) is 4.90 Å². The third-order valence-electron chi connectivity index (χ3n) is 3.20. The van der Waals surface area contributed by atoms with Crippen LogP contribution in [0.1, 0.15) is 10.4 Å². The highest BCUT2D eigenvalue weighted by Crippen LogP contribution is 2.29. The lowest BCUT2D eigenvalue weighted by atomic mass is 10.2. The van der Waals surface area contributed by atoms with Crippen molar-refractivity contribution in [3.05, 3.63) is 52.0 Å². The van der Waals surface area contributed by atoms with Crippen LogP contribution in [-0.2, 0) is 20.0 Å². The Morgan fingerprint density at radius 2 is 1.75 bits per heavy atom. The van der Waals surface area contributed by atoms with Gasteiger partial charge in [-0.3, -0.25) is 9.52 Å². The Labute approximate surface area is 147 Å². The molecular weight excluding hydrogens is 399 g/mol. The van der Waals surface area contributed by atoms with E-state index >= 15 is 0 Å². The number of anilines is 1. The van der Waals surface area contributed by atoms with E-state index in [1.165, 1.54) is 18.2 Å². The molecule has 1 heterocycles. The van der Waals surface area contributed by atoms with Crippen molar-refractivity contribution in [2.75, 3.05) is 4.72 Å². The van der Waals surface area contributed by atoms with E-state index in [4.69, 9.17) is 23.2 Å². The fourth-order valence-corrected chi connectivity index (χ4v) is 4.87. The van der Waals surface area contributed by atoms with Gasteiger partial charge in [-0.05, 0) is 36.4 Å². The molecule has 2 N–H and O–H groups in total. The number of carbonyl (C=O) groups excluding carboxylic acids is 1. The van der Waals surface area contributed by atoms with Crippen molar-refractivity contribution >= 4 is 54.8 Å². The molecule has 0 bridgehead atoms. The molecule has 0 unspecified atom stereocenters. The second kappa shape index (κ2) is 5.62. The Bertz CT molecular complexity index is 1080. The van der Waals surface area contributed by atoms with Crippen molar-refractivity contribution in [3.8, 4) is 0 Å². The summed E-state index contributed by atoms with van der Waals surface area (Å²) in [5, 5.41) is 0.426. The Morgan fingerprint density at radius 1 is 1.04 bits per heavy atom. The molecule has 0 saturated heterocycles. The van der Waals surface area contributed by atoms with Gasteiger partial charge in [-0.25, -0.2) is 21.6 Å². The highest BCUT2D eigenvalue weighted by atomic mass is 35.5. The number of nitrogens with one attached hydrogen (secondary N) is 2. The topological polar surface area (TPSA) is 109 Å². The first-order chi connectivity index (χ1) is 11.1. The minimum atomic E-state index is -4.08. The Kier molecular flexibility index (Phi) is 3.99. The first kappa shape index (κ1) is 17.0. The molecule has 11 heteroatoms. The van der Waals surface area contributed by atoms with E-state index in [-0.39, 0.29) is 26.1 Å². The van der Waals surface area contributed by atoms with Crippen LogP contribution in [-0.4, -0.2) is 22.7 Å². The van der Waals surface area contributed by atoms with E-state index in [0.29, 0.717) is 5.02 Å². The smallest absolute Gasteiger partial charge is 0.266 e. The summed E-state index contributed by atoms with van der Waals surface area (Å²) in [5.41, 5.74) is -0.140. The lowest BCUT2D eigenvalue weighted by Gasteiger charge is -2.10. The first-order valence-electron chi connectivity index (χ1n) is 6.29. The molecule has 1 aliphatic rings. The van der Waals surface area contributed by atoms with E-state index in [0.717, 1.165) is 18.2 Å². The van der Waals surface area contributed by atoms with Crippen molar-refractivity contribution < 1.29 is 21.6 Å². The number of halogens is 2. The lowest BCUT2D eigenvalue weighted by molar-refractivity contribution is 0.0985. The fraction of sp³-hybridized carbons (Fsp3) is 0. The van der Waals surface area contributed by atoms with Gasteiger partial charge in [0.15, 0.2) is 0 Å². The Balaban J connectivity index is 2.03. The number of hydrogen-bond donors (Lipinski definition) is 2. The third kappa shape index (κ3) is 2.95. The zero-order valence-electron chi connectivity index (χ0n) is 11.6. The molecule has 0 spiro atoms. The molecule has 126 valence electrons. The normalized spacial score (nSPS) is 15.7. The SMILES string of the molecule is O=C1NS(=O)(=O)c2ccc(S(=O)(=O)Nc3ccc(Cl)cc3Cl)cc21. The van der Waals surface area contributed by atoms with Gasteiger partial charge in [0.25, 0.3) is 26.0 Å². The molecule has 1 aliphatic heterocycles. The Hall–Kier alpha value is -1.81. The molecule has 2 aromatic carbocycles. The quantitative estimate of drug-likeness (QED) is 0.811. The van der Waals surface area contributed by atoms with Crippen molar-refractivity contribution in [1.82, 2.24) is 4.72 Å². The van der Waals surface area contributed by atoms with Crippen molar-refractivity contribution in [3.63, 3.8) is 0 Å². The predicted octanol–water partition coefficient (Wildman–Crippen LogP) is 2.23. The van der Waals surface area contributed by atoms with E-state index in [9.17, 15) is 21.6 Å². The molecule has 0 fully saturated rings. The summed E-state index contributed by atoms with van der Waals surface area (Å²) in [5.74, 6) is -0.883. The van der Waals surface area contributed by atoms with Crippen LogP contribution in [0.3, 0.4) is 0 Å². The van der Waals surface area contributed by atoms with Gasteiger partial charge in [0, 0.05) is 5.02 Å². The summed E-state index contributed by atoms with van der Waals surface area (Å²) in [7, 11) is -8.02. The number of sulfonamides is 2. The summed E-state index contributed by atoms with van der Waals surface area (Å²) in [6.07, 6.45) is 0. The van der Waals surface area contributed by atoms with Gasteiger partial charge in [-0.1, -0.05) is 23.2 Å². The van der Waals surface area contributed by atoms with Crippen molar-refractivity contribution in [2.24, 2.45) is 0 Å². The van der Waals surface area contributed by atoms with Crippen molar-refractivity contribution in [1.29, 1.82) is 0 Å². The second-order valence-corrected chi connectivity index (χ2v) is 9.00. The van der Waals surface area contributed by atoms with Crippen LogP contribution in [0, 0.1) is 0 Å². The highest BCUT2D eigenvalue weighted by Gasteiger charge is 2.33. The lowest BCUT2D eigenvalue weighted by Crippen LogP contribution is -2.20. The summed E-state index contributed by atoms with van der Waals surface area (Å²) < 4.78 is 52.2. The van der Waals surface area contributed by atoms with Crippen LogP contribution in [0.5, 0.6) is 0 Å². The summed E-state index contributed by atoms with van der Waals surface area (Å²) in [6.45, 7) is 0. The van der Waals surface area contributed by atoms with Crippen LogP contribution < -0.4 is 9.44 Å². The number of benzene rings is 2. The molecule has 0 radical (unpaired) electrons. The maximum absolute atomic E-state index is 12.4. The molecule has 0 atom stereocenters. The predicted molar refractivity (Wildman–Crippen MR) is 88.4 cm³/mol. The number of rotatable bonds is 3. The molecule has 0 saturated carbocycles. The van der Waals surface area contributed by atoms with Crippen LogP contribution in [0.15, 0.2) is 46.2 Å². The average Bonchev–Trinajstić information content (AvgIpc) is 2.71. The monoisotopic (exact) mass is 406 g/mol. The van der Waals surface area contributed by atoms with Gasteiger partial charge in [0.05, 0.1) is 21.2 Å². The van der Waals surface area contributed by atoms with Gasteiger partial charge in [-0.15, -0.1) is 0 Å². The third-order valence-corrected chi connectivity index (χ3v) is 6.50. The molecular formula is C13H8Cl2N2O5S2. The molecule has 0 aromatic heterocycles. The Morgan fingerprint density at radius 3 is 2.42 bits per heavy atom. The van der Waals surface area contributed by atoms with Crippen LogP contribution in [0.25, 0.3) is 0 Å². The van der Waals surface area contributed by atoms with Crippen LogP contribution in [0.4, 0.5) is 5.69 Å². The van der Waals surface area contributed by atoms with Gasteiger partial charge in [-0.2, -0.15) is 0 Å². The molecule has 0 aliphatic carbocycles. The van der Waals surface area contributed by atoms with E-state index < -0.39 is 26.0 Å². The number of fused-ring (bicyclic) bond motifs is 1. The standard InChI is InChI=1S/C13H8Cl2N2O5S2/c14-7-1-3-11(10(15)5-7)16-23(19,20)8-2-4-12-9(6-8)13(18)17-24(12,21)22/h1-6,16H,(H,17,18). The van der Waals surface area contributed by atoms with Gasteiger partial charge in [0.2, 0.25) is 0 Å². The van der Waals surface area contributed by atoms with E-state index in [2.05, 4.69) is 4.72 Å². The highest BCUT2D eigenvalue weighted by molar-refractivity contribution is 7.92. The van der Waals surface area contributed by atoms with Crippen LogP contribution >= 0.6 is 23.2 Å². The molecule has 3 rings (SSSR count). The second-order valence-electron chi connectivity index (χ2n) is 4.82. The first-order valence-corrected chi connectivity index (χ1v) is 10.0. The molecule has 24 heavy (non-hydrogen) atoms. The van der Waals surface area contributed by atoms with E-state index in [1.807, 2.05) is 0 Å². The van der Waals surface area contributed by atoms with Gasteiger partial charge < -0.3 is 0 Å². The minimum absolute atomic E-state index is 0.0903. The zero-order chi connectivity index (χ0) is 17.7. The number of hydrogen-bond acceptors (Lipinski definition) is 5. The maximum atomic E-state index is 12.4. The molecule has 1 amide bonds. The average molecular weight is 407 g/mol. The van der Waals surface area contributed by atoms with Crippen molar-refractivity contribution in [2.45, 2.75) is 9.79 Å². The largest absolute Gasteiger partial charge is 0.278 e. The fourth-order valence-electron chi connectivity index (χ4n) is 2.10. The zero-order valence-corrected chi connectivity index (χ0v) is 14.7.